The fraction of sp³-hybridized carbons (Fsp3) is 0.875. The molecule has 4 nitrogen and oxygen atoms in total. The fourth-order valence-corrected chi connectivity index (χ4v) is 3.65. The fourth-order valence-electron chi connectivity index (χ4n) is 3.65. The molecule has 0 bridgehead atoms. The molecular formula is C16H26N2O2. The van der Waals surface area contributed by atoms with E-state index in [9.17, 15) is 9.59 Å². The van der Waals surface area contributed by atoms with Gasteiger partial charge in [0.15, 0.2) is 0 Å². The molecule has 2 saturated carbocycles. The minimum atomic E-state index is -0.652. The lowest BCUT2D eigenvalue weighted by Crippen LogP contribution is -2.71. The summed E-state index contributed by atoms with van der Waals surface area (Å²) in [5.41, 5.74) is -0.652. The Bertz CT molecular complexity index is 444. The molecule has 112 valence electrons. The second kappa shape index (κ2) is 4.47. The zero-order valence-electron chi connectivity index (χ0n) is 13.0. The monoisotopic (exact) mass is 278 g/mol. The van der Waals surface area contributed by atoms with Crippen molar-refractivity contribution in [1.82, 2.24) is 10.2 Å². The molecule has 0 spiro atoms. The molecule has 1 aliphatic heterocycles. The van der Waals surface area contributed by atoms with E-state index >= 15 is 0 Å². The Morgan fingerprint density at radius 2 is 1.95 bits per heavy atom. The third-order valence-corrected chi connectivity index (χ3v) is 5.43. The van der Waals surface area contributed by atoms with Crippen LogP contribution < -0.4 is 5.32 Å². The summed E-state index contributed by atoms with van der Waals surface area (Å²) in [5.74, 6) is 1.99. The zero-order valence-corrected chi connectivity index (χ0v) is 13.0. The van der Waals surface area contributed by atoms with Crippen molar-refractivity contribution in [2.45, 2.75) is 58.5 Å². The number of hydrogen-bond acceptors (Lipinski definition) is 2. The summed E-state index contributed by atoms with van der Waals surface area (Å²) in [6.07, 6.45) is 3.31. The summed E-state index contributed by atoms with van der Waals surface area (Å²) in [5, 5.41) is 3.04. The van der Waals surface area contributed by atoms with Gasteiger partial charge in [0.2, 0.25) is 11.8 Å². The lowest BCUT2D eigenvalue weighted by molar-refractivity contribution is -0.157. The van der Waals surface area contributed by atoms with Gasteiger partial charge in [-0.05, 0) is 49.9 Å². The van der Waals surface area contributed by atoms with Gasteiger partial charge in [-0.1, -0.05) is 20.8 Å². The predicted molar refractivity (Wildman–Crippen MR) is 76.9 cm³/mol. The van der Waals surface area contributed by atoms with Gasteiger partial charge in [0.25, 0.3) is 0 Å². The van der Waals surface area contributed by atoms with Crippen LogP contribution in [0.1, 0.15) is 47.0 Å². The topological polar surface area (TPSA) is 49.4 Å². The number of hydrogen-bond donors (Lipinski definition) is 1. The van der Waals surface area contributed by atoms with E-state index in [0.29, 0.717) is 17.8 Å². The number of carbonyl (C=O) groups excluding carboxylic acids is 2. The van der Waals surface area contributed by atoms with Gasteiger partial charge in [-0.2, -0.15) is 0 Å². The zero-order chi connectivity index (χ0) is 14.7. The molecule has 1 heterocycles. The highest BCUT2D eigenvalue weighted by atomic mass is 16.2. The first kappa shape index (κ1) is 13.9. The Labute approximate surface area is 121 Å². The quantitative estimate of drug-likeness (QED) is 0.852. The highest BCUT2D eigenvalue weighted by Crippen LogP contribution is 2.44. The molecule has 1 N–H and O–H groups in total. The Morgan fingerprint density at radius 3 is 2.40 bits per heavy atom. The maximum absolute atomic E-state index is 13.0. The summed E-state index contributed by atoms with van der Waals surface area (Å²) >= 11 is 0. The number of rotatable bonds is 4. The summed E-state index contributed by atoms with van der Waals surface area (Å²) in [6, 6.07) is -0.290. The van der Waals surface area contributed by atoms with E-state index in [1.54, 1.807) is 0 Å². The molecule has 3 rings (SSSR count). The van der Waals surface area contributed by atoms with Crippen molar-refractivity contribution in [3.63, 3.8) is 0 Å². The maximum Gasteiger partial charge on any atom is 0.249 e. The van der Waals surface area contributed by atoms with E-state index in [2.05, 4.69) is 12.2 Å². The van der Waals surface area contributed by atoms with Crippen molar-refractivity contribution in [1.29, 1.82) is 0 Å². The molecule has 0 aromatic rings. The van der Waals surface area contributed by atoms with Gasteiger partial charge in [0.05, 0.1) is 0 Å². The van der Waals surface area contributed by atoms with Gasteiger partial charge in [-0.3, -0.25) is 9.59 Å². The normalized spacial score (nSPS) is 41.0. The number of carbonyl (C=O) groups is 2. The average Bonchev–Trinajstić information content (AvgIpc) is 3.22. The van der Waals surface area contributed by atoms with E-state index in [1.165, 1.54) is 6.42 Å². The second-order valence-electron chi connectivity index (χ2n) is 7.59. The third kappa shape index (κ3) is 2.13. The molecule has 2 aliphatic carbocycles. The second-order valence-corrected chi connectivity index (χ2v) is 7.59. The molecule has 2 amide bonds. The molecule has 4 unspecified atom stereocenters. The van der Waals surface area contributed by atoms with Crippen LogP contribution in [-0.4, -0.2) is 34.8 Å². The SMILES string of the molecule is CC(C)C1C(=O)NC(C)(C2CC2)C(=O)N1CC1CC1C. The smallest absolute Gasteiger partial charge is 0.249 e. The lowest BCUT2D eigenvalue weighted by atomic mass is 9.86. The van der Waals surface area contributed by atoms with E-state index in [0.717, 1.165) is 19.4 Å². The van der Waals surface area contributed by atoms with Gasteiger partial charge >= 0.3 is 0 Å². The number of nitrogens with zero attached hydrogens (tertiary/aromatic N) is 1. The highest BCUT2D eigenvalue weighted by Gasteiger charge is 2.56. The van der Waals surface area contributed by atoms with Crippen LogP contribution in [0.3, 0.4) is 0 Å². The predicted octanol–water partition coefficient (Wildman–Crippen LogP) is 1.79. The largest absolute Gasteiger partial charge is 0.340 e. The van der Waals surface area contributed by atoms with Crippen LogP contribution in [0.25, 0.3) is 0 Å². The van der Waals surface area contributed by atoms with E-state index < -0.39 is 5.54 Å². The molecule has 3 fully saturated rings. The first-order valence-electron chi connectivity index (χ1n) is 7.97. The van der Waals surface area contributed by atoms with Gasteiger partial charge in [0, 0.05) is 6.54 Å². The Kier molecular flexibility index (Phi) is 3.11. The Morgan fingerprint density at radius 1 is 1.35 bits per heavy atom. The third-order valence-electron chi connectivity index (χ3n) is 5.43. The van der Waals surface area contributed by atoms with Crippen molar-refractivity contribution in [3.8, 4) is 0 Å². The molecule has 0 aromatic heterocycles. The molecule has 4 heteroatoms. The lowest BCUT2D eigenvalue weighted by Gasteiger charge is -2.46. The number of amides is 2. The van der Waals surface area contributed by atoms with Crippen molar-refractivity contribution in [3.05, 3.63) is 0 Å². The maximum atomic E-state index is 13.0. The molecular weight excluding hydrogens is 252 g/mol. The first-order valence-corrected chi connectivity index (χ1v) is 7.97. The van der Waals surface area contributed by atoms with Crippen LogP contribution >= 0.6 is 0 Å². The van der Waals surface area contributed by atoms with Crippen LogP contribution in [0, 0.1) is 23.7 Å². The summed E-state index contributed by atoms with van der Waals surface area (Å²) in [6.45, 7) is 8.97. The van der Waals surface area contributed by atoms with Crippen molar-refractivity contribution in [2.75, 3.05) is 6.54 Å². The van der Waals surface area contributed by atoms with Crippen molar-refractivity contribution in [2.24, 2.45) is 23.7 Å². The van der Waals surface area contributed by atoms with Gasteiger partial charge in [-0.25, -0.2) is 0 Å². The van der Waals surface area contributed by atoms with Gasteiger partial charge < -0.3 is 10.2 Å². The molecule has 0 radical (unpaired) electrons. The summed E-state index contributed by atoms with van der Waals surface area (Å²) in [4.78, 5) is 27.4. The van der Waals surface area contributed by atoms with Gasteiger partial charge in [-0.15, -0.1) is 0 Å². The van der Waals surface area contributed by atoms with E-state index in [1.807, 2.05) is 25.7 Å². The van der Waals surface area contributed by atoms with Crippen LogP contribution in [0.15, 0.2) is 0 Å². The summed E-state index contributed by atoms with van der Waals surface area (Å²) < 4.78 is 0. The molecule has 20 heavy (non-hydrogen) atoms. The minimum Gasteiger partial charge on any atom is -0.340 e. The average molecular weight is 278 g/mol. The standard InChI is InChI=1S/C16H26N2O2/c1-9(2)13-14(19)17-16(4,12-5-6-12)15(20)18(13)8-11-7-10(11)3/h9-13H,5-8H2,1-4H3,(H,17,19). The minimum absolute atomic E-state index is 0.0438. The number of nitrogens with one attached hydrogen (secondary N) is 1. The van der Waals surface area contributed by atoms with Crippen LogP contribution in [0.4, 0.5) is 0 Å². The van der Waals surface area contributed by atoms with E-state index in [4.69, 9.17) is 0 Å². The van der Waals surface area contributed by atoms with Crippen LogP contribution in [0.5, 0.6) is 0 Å². The highest BCUT2D eigenvalue weighted by molar-refractivity contribution is 6.00. The van der Waals surface area contributed by atoms with E-state index in [-0.39, 0.29) is 23.8 Å². The Hall–Kier alpha value is -1.06. The molecule has 1 saturated heterocycles. The number of piperazine rings is 1. The van der Waals surface area contributed by atoms with Crippen LogP contribution in [0.2, 0.25) is 0 Å². The summed E-state index contributed by atoms with van der Waals surface area (Å²) in [7, 11) is 0. The molecule has 0 aromatic carbocycles. The van der Waals surface area contributed by atoms with Crippen molar-refractivity contribution >= 4 is 11.8 Å². The van der Waals surface area contributed by atoms with Crippen LogP contribution in [-0.2, 0) is 9.59 Å². The molecule has 4 atom stereocenters. The first-order chi connectivity index (χ1) is 9.34. The Balaban J connectivity index is 1.86. The molecule has 3 aliphatic rings. The van der Waals surface area contributed by atoms with Gasteiger partial charge in [0.1, 0.15) is 11.6 Å². The van der Waals surface area contributed by atoms with Crippen molar-refractivity contribution < 1.29 is 9.59 Å².